The van der Waals surface area contributed by atoms with E-state index < -0.39 is 0 Å². The van der Waals surface area contributed by atoms with Crippen molar-refractivity contribution in [2.75, 3.05) is 7.11 Å². The first-order valence-electron chi connectivity index (χ1n) is 12.4. The minimum atomic E-state index is -0.249. The maximum absolute atomic E-state index is 12.7. The monoisotopic (exact) mass is 478 g/mol. The summed E-state index contributed by atoms with van der Waals surface area (Å²) in [7, 11) is 1.42. The van der Waals surface area contributed by atoms with Crippen LogP contribution in [0.1, 0.15) is 67.6 Å². The Labute approximate surface area is 208 Å². The molecule has 1 aliphatic heterocycles. The van der Waals surface area contributed by atoms with Gasteiger partial charge < -0.3 is 14.0 Å². The summed E-state index contributed by atoms with van der Waals surface area (Å²) in [5.41, 5.74) is 4.34. The molecule has 1 saturated heterocycles. The van der Waals surface area contributed by atoms with Crippen LogP contribution in [0.25, 0.3) is 0 Å². The quantitative estimate of drug-likeness (QED) is 0.265. The molecule has 2 aromatic carbocycles. The second kappa shape index (κ2) is 8.72. The molecule has 1 heterocycles. The molecule has 4 atom stereocenters. The lowest BCUT2D eigenvalue weighted by atomic mass is 9.43. The van der Waals surface area contributed by atoms with Gasteiger partial charge in [0.2, 0.25) is 0 Å². The fourth-order valence-corrected chi connectivity index (χ4v) is 7.73. The van der Waals surface area contributed by atoms with Crippen LogP contribution in [0.4, 0.5) is 0 Å². The summed E-state index contributed by atoms with van der Waals surface area (Å²) in [5.74, 6) is 3.05. The zero-order valence-corrected chi connectivity index (χ0v) is 22.0. The summed E-state index contributed by atoms with van der Waals surface area (Å²) in [6.45, 7) is 10.8. The maximum Gasteiger partial charge on any atom is 0.462 e. The van der Waals surface area contributed by atoms with E-state index in [9.17, 15) is 4.79 Å². The van der Waals surface area contributed by atoms with Crippen LogP contribution < -0.4 is 4.74 Å². The van der Waals surface area contributed by atoms with Crippen LogP contribution in [0.15, 0.2) is 41.3 Å². The predicted octanol–water partition coefficient (Wildman–Crippen LogP) is 6.31. The third-order valence-corrected chi connectivity index (χ3v) is 9.96. The van der Waals surface area contributed by atoms with Gasteiger partial charge in [-0.2, -0.15) is 0 Å². The number of thioether (sulfide) groups is 1. The van der Waals surface area contributed by atoms with E-state index in [0.29, 0.717) is 17.7 Å². The molecule has 2 bridgehead atoms. The highest BCUT2D eigenvalue weighted by atomic mass is 32.2. The van der Waals surface area contributed by atoms with Crippen molar-refractivity contribution in [3.8, 4) is 5.75 Å². The number of hydrogen-bond acceptors (Lipinski definition) is 5. The molecule has 3 unspecified atom stereocenters. The third kappa shape index (κ3) is 3.92. The van der Waals surface area contributed by atoms with Crippen molar-refractivity contribution < 1.29 is 18.8 Å². The van der Waals surface area contributed by atoms with Crippen LogP contribution in [0.2, 0.25) is 0 Å². The number of carbonyl (C=O) groups is 1. The molecule has 0 spiro atoms. The first-order valence-corrected chi connectivity index (χ1v) is 13.3. The van der Waals surface area contributed by atoms with Gasteiger partial charge >= 0.3 is 7.12 Å². The molecule has 4 fully saturated rings. The summed E-state index contributed by atoms with van der Waals surface area (Å²) >= 11 is 1.70. The Morgan fingerprint density at radius 2 is 1.88 bits per heavy atom. The highest BCUT2D eigenvalue weighted by Crippen LogP contribution is 2.65. The molecular weight excluding hydrogens is 443 g/mol. The van der Waals surface area contributed by atoms with Gasteiger partial charge in [-0.1, -0.05) is 32.0 Å². The second-order valence-corrected chi connectivity index (χ2v) is 12.0. The van der Waals surface area contributed by atoms with Gasteiger partial charge in [0.1, 0.15) is 5.75 Å². The SMILES string of the molecule is COc1ccc(CSc2ccc(CB3OC4CC5CC(C5(C)C)[C@]4(C)O3)c(C)c2C(C)=O)cc1. The average Bonchev–Trinajstić information content (AvgIpc) is 3.14. The molecule has 0 aromatic heterocycles. The third-order valence-electron chi connectivity index (χ3n) is 8.83. The van der Waals surface area contributed by atoms with Crippen LogP contribution in [0.5, 0.6) is 5.75 Å². The standard InChI is InChI=1S/C28H35BO4S/c1-17-20(15-29-32-25-14-21-13-24(27(21,3)4)28(25,5)33-29)9-12-23(26(17)18(2)30)34-16-19-7-10-22(31-6)11-8-19/h7-12,21,24-25H,13-16H2,1-6H3/t21?,24?,25?,28-/m0/s1. The van der Waals surface area contributed by atoms with Crippen molar-refractivity contribution in [1.29, 1.82) is 0 Å². The highest BCUT2D eigenvalue weighted by Gasteiger charge is 2.67. The number of benzene rings is 2. The molecule has 4 aliphatic rings. The molecule has 4 nitrogen and oxygen atoms in total. The second-order valence-electron chi connectivity index (χ2n) is 11.0. The summed E-state index contributed by atoms with van der Waals surface area (Å²) in [6, 6.07) is 12.3. The molecular formula is C28H35BO4S. The van der Waals surface area contributed by atoms with E-state index in [4.69, 9.17) is 14.0 Å². The summed E-state index contributed by atoms with van der Waals surface area (Å²) in [4.78, 5) is 13.7. The van der Waals surface area contributed by atoms with Crippen molar-refractivity contribution in [3.05, 3.63) is 58.7 Å². The molecule has 2 aromatic rings. The van der Waals surface area contributed by atoms with E-state index in [1.807, 2.05) is 12.1 Å². The molecule has 0 radical (unpaired) electrons. The van der Waals surface area contributed by atoms with Crippen LogP contribution in [-0.4, -0.2) is 31.7 Å². The summed E-state index contributed by atoms with van der Waals surface area (Å²) in [5, 5.41) is 0. The Morgan fingerprint density at radius 3 is 2.53 bits per heavy atom. The molecule has 3 saturated carbocycles. The Kier molecular flexibility index (Phi) is 6.15. The number of Topliss-reactive ketones (excluding diaryl/α,β-unsaturated/α-hetero) is 1. The lowest BCUT2D eigenvalue weighted by molar-refractivity contribution is -0.199. The van der Waals surface area contributed by atoms with Gasteiger partial charge in [-0.25, -0.2) is 0 Å². The van der Waals surface area contributed by atoms with E-state index in [0.717, 1.165) is 45.4 Å². The van der Waals surface area contributed by atoms with E-state index in [-0.39, 0.29) is 24.6 Å². The number of ketones is 1. The first-order chi connectivity index (χ1) is 16.1. The Balaban J connectivity index is 1.31. The minimum absolute atomic E-state index is 0.105. The van der Waals surface area contributed by atoms with E-state index >= 15 is 0 Å². The summed E-state index contributed by atoms with van der Waals surface area (Å²) < 4.78 is 18.3. The van der Waals surface area contributed by atoms with E-state index in [1.54, 1.807) is 25.8 Å². The van der Waals surface area contributed by atoms with Gasteiger partial charge in [-0.05, 0) is 85.8 Å². The fraction of sp³-hybridized carbons (Fsp3) is 0.536. The molecule has 0 N–H and O–H groups in total. The van der Waals surface area contributed by atoms with Gasteiger partial charge in [0.25, 0.3) is 0 Å². The number of methoxy groups -OCH3 is 1. The predicted molar refractivity (Wildman–Crippen MR) is 138 cm³/mol. The number of rotatable bonds is 7. The van der Waals surface area contributed by atoms with Gasteiger partial charge in [-0.15, -0.1) is 11.8 Å². The molecule has 0 amide bonds. The lowest BCUT2D eigenvalue weighted by Gasteiger charge is -2.64. The van der Waals surface area contributed by atoms with Crippen molar-refractivity contribution in [2.24, 2.45) is 17.3 Å². The van der Waals surface area contributed by atoms with Crippen molar-refractivity contribution in [1.82, 2.24) is 0 Å². The minimum Gasteiger partial charge on any atom is -0.497 e. The Bertz CT molecular complexity index is 1100. The zero-order valence-electron chi connectivity index (χ0n) is 21.1. The van der Waals surface area contributed by atoms with Crippen molar-refractivity contribution >= 4 is 24.7 Å². The smallest absolute Gasteiger partial charge is 0.462 e. The molecule has 180 valence electrons. The van der Waals surface area contributed by atoms with Crippen LogP contribution in [0, 0.1) is 24.2 Å². The van der Waals surface area contributed by atoms with Crippen LogP contribution in [-0.2, 0) is 21.4 Å². The van der Waals surface area contributed by atoms with E-state index in [1.165, 1.54) is 12.0 Å². The van der Waals surface area contributed by atoms with Crippen LogP contribution >= 0.6 is 11.8 Å². The van der Waals surface area contributed by atoms with Gasteiger partial charge in [0, 0.05) is 22.5 Å². The van der Waals surface area contributed by atoms with Gasteiger partial charge in [-0.3, -0.25) is 4.79 Å². The topological polar surface area (TPSA) is 44.8 Å². The van der Waals surface area contributed by atoms with Crippen molar-refractivity contribution in [2.45, 2.75) is 76.1 Å². The largest absolute Gasteiger partial charge is 0.497 e. The highest BCUT2D eigenvalue weighted by molar-refractivity contribution is 7.98. The molecule has 6 rings (SSSR count). The molecule has 3 aliphatic carbocycles. The van der Waals surface area contributed by atoms with Gasteiger partial charge in [0.05, 0.1) is 18.8 Å². The van der Waals surface area contributed by atoms with Crippen molar-refractivity contribution in [3.63, 3.8) is 0 Å². The fourth-order valence-electron chi connectivity index (χ4n) is 6.61. The Morgan fingerprint density at radius 1 is 1.15 bits per heavy atom. The zero-order chi connectivity index (χ0) is 24.3. The lowest BCUT2D eigenvalue weighted by Crippen LogP contribution is -2.65. The number of hydrogen-bond donors (Lipinski definition) is 0. The number of carbonyl (C=O) groups excluding carboxylic acids is 1. The molecule has 34 heavy (non-hydrogen) atoms. The Hall–Kier alpha value is -1.76. The normalized spacial score (nSPS) is 28.9. The van der Waals surface area contributed by atoms with Gasteiger partial charge in [0.15, 0.2) is 5.78 Å². The van der Waals surface area contributed by atoms with Crippen LogP contribution in [0.3, 0.4) is 0 Å². The first kappa shape index (κ1) is 24.0. The summed E-state index contributed by atoms with van der Waals surface area (Å²) in [6.07, 6.45) is 3.21. The molecule has 6 heteroatoms. The maximum atomic E-state index is 12.7. The number of ether oxygens (including phenoxy) is 1. The average molecular weight is 478 g/mol. The van der Waals surface area contributed by atoms with E-state index in [2.05, 4.69) is 52.0 Å².